The largest absolute Gasteiger partial charge is 0.438 e. The van der Waals surface area contributed by atoms with Crippen LogP contribution >= 0.6 is 0 Å². The first-order valence-electron chi connectivity index (χ1n) is 9.40. The van der Waals surface area contributed by atoms with Crippen molar-refractivity contribution < 1.29 is 13.2 Å². The van der Waals surface area contributed by atoms with Crippen LogP contribution in [0.4, 0.5) is 5.69 Å². The molecule has 0 aliphatic rings. The van der Waals surface area contributed by atoms with E-state index in [0.717, 1.165) is 5.69 Å². The molecule has 4 aromatic rings. The van der Waals surface area contributed by atoms with Crippen molar-refractivity contribution in [1.29, 1.82) is 0 Å². The van der Waals surface area contributed by atoms with Crippen molar-refractivity contribution in [3.05, 3.63) is 65.7 Å². The molecule has 11 heteroatoms. The van der Waals surface area contributed by atoms with Crippen LogP contribution < -0.4 is 9.46 Å². The number of hydrogen-bond donors (Lipinski definition) is 1. The van der Waals surface area contributed by atoms with Crippen LogP contribution in [0.3, 0.4) is 0 Å². The lowest BCUT2D eigenvalue weighted by atomic mass is 10.3. The zero-order valence-corrected chi connectivity index (χ0v) is 18.3. The number of aromatic nitrogens is 6. The van der Waals surface area contributed by atoms with Crippen LogP contribution in [0, 0.1) is 20.8 Å². The third-order valence-electron chi connectivity index (χ3n) is 4.62. The zero-order valence-electron chi connectivity index (χ0n) is 17.4. The Balaban J connectivity index is 1.46. The fourth-order valence-electron chi connectivity index (χ4n) is 3.09. The number of sulfonamides is 1. The number of aryl methyl sites for hydroxylation is 3. The fraction of sp³-hybridized carbons (Fsp3) is 0.200. The number of hydrogen-bond acceptors (Lipinski definition) is 7. The van der Waals surface area contributed by atoms with E-state index in [9.17, 15) is 8.42 Å². The van der Waals surface area contributed by atoms with E-state index in [1.54, 1.807) is 72.9 Å². The molecule has 0 amide bonds. The van der Waals surface area contributed by atoms with Crippen LogP contribution in [0.25, 0.3) is 5.82 Å². The highest BCUT2D eigenvalue weighted by Gasteiger charge is 2.23. The van der Waals surface area contributed by atoms with Crippen LogP contribution in [-0.2, 0) is 17.1 Å². The van der Waals surface area contributed by atoms with Crippen molar-refractivity contribution in [1.82, 2.24) is 29.8 Å². The second kappa shape index (κ2) is 7.84. The van der Waals surface area contributed by atoms with Gasteiger partial charge in [0.2, 0.25) is 5.88 Å². The van der Waals surface area contributed by atoms with Crippen molar-refractivity contribution in [2.24, 2.45) is 7.05 Å². The smallest absolute Gasteiger partial charge is 0.265 e. The van der Waals surface area contributed by atoms with Gasteiger partial charge >= 0.3 is 0 Å². The molecule has 0 radical (unpaired) electrons. The van der Waals surface area contributed by atoms with Crippen LogP contribution in [0.1, 0.15) is 17.1 Å². The van der Waals surface area contributed by atoms with E-state index in [1.165, 1.54) is 0 Å². The SMILES string of the molecule is Cc1ccn(-c2ccc(Oc3ccc(NS(=O)(=O)c4c(C)nn(C)c4C)cc3)nn2)n1. The van der Waals surface area contributed by atoms with Crippen LogP contribution in [0.5, 0.6) is 11.6 Å². The molecule has 31 heavy (non-hydrogen) atoms. The maximum atomic E-state index is 12.8. The highest BCUT2D eigenvalue weighted by Crippen LogP contribution is 2.25. The van der Waals surface area contributed by atoms with Gasteiger partial charge in [-0.2, -0.15) is 10.2 Å². The average molecular weight is 440 g/mol. The molecule has 0 bridgehead atoms. The molecule has 0 saturated heterocycles. The molecule has 3 heterocycles. The predicted octanol–water partition coefficient (Wildman–Crippen LogP) is 2.91. The van der Waals surface area contributed by atoms with Crippen molar-refractivity contribution in [3.8, 4) is 17.4 Å². The summed E-state index contributed by atoms with van der Waals surface area (Å²) in [5.41, 5.74) is 2.30. The quantitative estimate of drug-likeness (QED) is 0.491. The first-order valence-corrected chi connectivity index (χ1v) is 10.9. The number of nitrogens with zero attached hydrogens (tertiary/aromatic N) is 6. The molecule has 10 nitrogen and oxygen atoms in total. The minimum Gasteiger partial charge on any atom is -0.438 e. The van der Waals surface area contributed by atoms with Gasteiger partial charge in [0, 0.05) is 25.0 Å². The summed E-state index contributed by atoms with van der Waals surface area (Å²) in [5, 5.41) is 16.6. The van der Waals surface area contributed by atoms with Gasteiger partial charge < -0.3 is 4.74 Å². The zero-order chi connectivity index (χ0) is 22.2. The average Bonchev–Trinajstić information content (AvgIpc) is 3.26. The van der Waals surface area contributed by atoms with Gasteiger partial charge in [0.05, 0.1) is 17.1 Å². The minimum atomic E-state index is -3.76. The molecule has 0 atom stereocenters. The van der Waals surface area contributed by atoms with E-state index in [-0.39, 0.29) is 4.90 Å². The highest BCUT2D eigenvalue weighted by molar-refractivity contribution is 7.92. The van der Waals surface area contributed by atoms with Gasteiger partial charge in [0.1, 0.15) is 10.6 Å². The molecule has 0 unspecified atom stereocenters. The number of rotatable bonds is 6. The van der Waals surface area contributed by atoms with E-state index in [2.05, 4.69) is 25.1 Å². The van der Waals surface area contributed by atoms with Crippen LogP contribution in [0.2, 0.25) is 0 Å². The topological polar surface area (TPSA) is 117 Å². The Morgan fingerprint density at radius 3 is 2.23 bits per heavy atom. The van der Waals surface area contributed by atoms with Gasteiger partial charge in [-0.15, -0.1) is 10.2 Å². The summed E-state index contributed by atoms with van der Waals surface area (Å²) in [5.74, 6) is 1.38. The Kier molecular flexibility index (Phi) is 5.19. The summed E-state index contributed by atoms with van der Waals surface area (Å²) in [6.07, 6.45) is 1.80. The van der Waals surface area contributed by atoms with Gasteiger partial charge in [-0.25, -0.2) is 13.1 Å². The molecular weight excluding hydrogens is 418 g/mol. The summed E-state index contributed by atoms with van der Waals surface area (Å²) < 4.78 is 37.0. The third-order valence-corrected chi connectivity index (χ3v) is 6.26. The number of nitrogens with one attached hydrogen (secondary N) is 1. The number of ether oxygens (including phenoxy) is 1. The summed E-state index contributed by atoms with van der Waals surface area (Å²) in [7, 11) is -2.05. The Morgan fingerprint density at radius 1 is 0.935 bits per heavy atom. The van der Waals surface area contributed by atoms with Crippen LogP contribution in [0.15, 0.2) is 53.6 Å². The number of benzene rings is 1. The Labute approximate surface area is 179 Å². The molecule has 0 fully saturated rings. The molecular formula is C20H21N7O3S. The summed E-state index contributed by atoms with van der Waals surface area (Å²) in [6.45, 7) is 5.27. The summed E-state index contributed by atoms with van der Waals surface area (Å²) >= 11 is 0. The molecule has 0 saturated carbocycles. The first-order chi connectivity index (χ1) is 14.7. The lowest BCUT2D eigenvalue weighted by Crippen LogP contribution is -2.14. The van der Waals surface area contributed by atoms with E-state index in [4.69, 9.17) is 4.74 Å². The normalized spacial score (nSPS) is 11.5. The van der Waals surface area contributed by atoms with E-state index >= 15 is 0 Å². The van der Waals surface area contributed by atoms with Gasteiger partial charge in [0.25, 0.3) is 10.0 Å². The Bertz CT molecular complexity index is 1320. The summed E-state index contributed by atoms with van der Waals surface area (Å²) in [4.78, 5) is 0.179. The van der Waals surface area contributed by atoms with Gasteiger partial charge in [-0.3, -0.25) is 9.40 Å². The van der Waals surface area contributed by atoms with Crippen molar-refractivity contribution >= 4 is 15.7 Å². The monoisotopic (exact) mass is 439 g/mol. The standard InChI is InChI=1S/C20H21N7O3S/c1-13-11-12-27(23-13)18-9-10-19(22-21-18)30-17-7-5-16(6-8-17)25-31(28,29)20-14(2)24-26(4)15(20)3/h5-12,25H,1-4H3. The molecule has 3 aromatic heterocycles. The second-order valence-corrected chi connectivity index (χ2v) is 8.61. The van der Waals surface area contributed by atoms with Gasteiger partial charge in [-0.05, 0) is 57.2 Å². The van der Waals surface area contributed by atoms with E-state index in [1.807, 2.05) is 13.0 Å². The highest BCUT2D eigenvalue weighted by atomic mass is 32.2. The first kappa shape index (κ1) is 20.5. The van der Waals surface area contributed by atoms with Gasteiger partial charge in [0.15, 0.2) is 5.82 Å². The van der Waals surface area contributed by atoms with Crippen molar-refractivity contribution in [3.63, 3.8) is 0 Å². The van der Waals surface area contributed by atoms with E-state index < -0.39 is 10.0 Å². The third kappa shape index (κ3) is 4.26. The molecule has 160 valence electrons. The van der Waals surface area contributed by atoms with Crippen LogP contribution in [-0.4, -0.2) is 38.2 Å². The molecule has 0 aliphatic carbocycles. The molecule has 0 aliphatic heterocycles. The summed E-state index contributed by atoms with van der Waals surface area (Å²) in [6, 6.07) is 11.8. The molecule has 1 N–H and O–H groups in total. The number of anilines is 1. The van der Waals surface area contributed by atoms with Crippen molar-refractivity contribution in [2.75, 3.05) is 4.72 Å². The fourth-order valence-corrected chi connectivity index (χ4v) is 4.59. The van der Waals surface area contributed by atoms with Crippen molar-refractivity contribution in [2.45, 2.75) is 25.7 Å². The van der Waals surface area contributed by atoms with E-state index in [0.29, 0.717) is 34.5 Å². The Hall–Kier alpha value is -3.73. The maximum Gasteiger partial charge on any atom is 0.265 e. The molecule has 4 rings (SSSR count). The van der Waals surface area contributed by atoms with Gasteiger partial charge in [-0.1, -0.05) is 0 Å². The molecule has 1 aromatic carbocycles. The molecule has 0 spiro atoms. The lowest BCUT2D eigenvalue weighted by Gasteiger charge is -2.10. The Morgan fingerprint density at radius 2 is 1.68 bits per heavy atom. The minimum absolute atomic E-state index is 0.179. The lowest BCUT2D eigenvalue weighted by molar-refractivity contribution is 0.454. The second-order valence-electron chi connectivity index (χ2n) is 6.99. The predicted molar refractivity (Wildman–Crippen MR) is 114 cm³/mol. The maximum absolute atomic E-state index is 12.8.